The van der Waals surface area contributed by atoms with Crippen molar-refractivity contribution in [2.75, 3.05) is 6.54 Å². The number of rotatable bonds is 5. The van der Waals surface area contributed by atoms with Crippen molar-refractivity contribution in [2.45, 2.75) is 31.8 Å². The lowest BCUT2D eigenvalue weighted by Gasteiger charge is -2.32. The molecule has 0 bridgehead atoms. The fraction of sp³-hybridized carbons (Fsp3) is 0.429. The average Bonchev–Trinajstić information content (AvgIpc) is 3.16. The first-order valence-corrected chi connectivity index (χ1v) is 7.17. The van der Waals surface area contributed by atoms with E-state index in [0.717, 1.165) is 5.69 Å². The van der Waals surface area contributed by atoms with Gasteiger partial charge in [-0.05, 0) is 6.42 Å². The zero-order valence-electron chi connectivity index (χ0n) is 12.0. The third-order valence-electron chi connectivity index (χ3n) is 3.85. The van der Waals surface area contributed by atoms with Crippen molar-refractivity contribution in [2.24, 2.45) is 0 Å². The molecule has 0 aromatic carbocycles. The third kappa shape index (κ3) is 2.72. The molecule has 3 heterocycles. The van der Waals surface area contributed by atoms with Crippen LogP contribution in [0.15, 0.2) is 25.0 Å². The van der Waals surface area contributed by atoms with Crippen molar-refractivity contribution in [1.29, 1.82) is 0 Å². The Kier molecular flexibility index (Phi) is 3.90. The smallest absolute Gasteiger partial charge is 0.332 e. The minimum atomic E-state index is -1.05. The average molecular weight is 303 g/mol. The number of hydrogen-bond donors (Lipinski definition) is 2. The Morgan fingerprint density at radius 1 is 1.45 bits per heavy atom. The van der Waals surface area contributed by atoms with E-state index in [2.05, 4.69) is 15.0 Å². The van der Waals surface area contributed by atoms with E-state index in [4.69, 9.17) is 0 Å². The van der Waals surface area contributed by atoms with Gasteiger partial charge >= 0.3 is 5.97 Å². The van der Waals surface area contributed by atoms with Crippen LogP contribution in [0.3, 0.4) is 0 Å². The van der Waals surface area contributed by atoms with E-state index in [1.165, 1.54) is 11.2 Å². The molecule has 0 aliphatic carbocycles. The Hall–Kier alpha value is -2.64. The van der Waals surface area contributed by atoms with E-state index in [1.807, 2.05) is 10.8 Å². The van der Waals surface area contributed by atoms with Crippen molar-refractivity contribution in [3.05, 3.63) is 36.4 Å². The number of aromatic amines is 1. The largest absolute Gasteiger partial charge is 0.479 e. The van der Waals surface area contributed by atoms with Gasteiger partial charge in [-0.15, -0.1) is 0 Å². The first-order chi connectivity index (χ1) is 10.7. The minimum Gasteiger partial charge on any atom is -0.479 e. The zero-order valence-corrected chi connectivity index (χ0v) is 12.0. The second kappa shape index (κ2) is 6.00. The molecule has 0 fully saturated rings. The fourth-order valence-electron chi connectivity index (χ4n) is 2.77. The monoisotopic (exact) mass is 303 g/mol. The topological polar surface area (TPSA) is 104 Å². The number of imidazole rings is 2. The predicted molar refractivity (Wildman–Crippen MR) is 75.8 cm³/mol. The maximum atomic E-state index is 12.4. The third-order valence-corrected chi connectivity index (χ3v) is 3.85. The van der Waals surface area contributed by atoms with Gasteiger partial charge < -0.3 is 19.6 Å². The SMILES string of the molecule is O=C(O)[C@@H]1c2nc[nH]c2CCN1C(=O)CCCn1ccnc1. The minimum absolute atomic E-state index is 0.152. The fourth-order valence-corrected chi connectivity index (χ4v) is 2.77. The number of carboxylic acid groups (broad SMARTS) is 1. The second-order valence-electron chi connectivity index (χ2n) is 5.25. The summed E-state index contributed by atoms with van der Waals surface area (Å²) in [5.41, 5.74) is 1.25. The number of amides is 1. The van der Waals surface area contributed by atoms with Gasteiger partial charge in [0.15, 0.2) is 6.04 Å². The molecule has 0 unspecified atom stereocenters. The number of nitrogens with one attached hydrogen (secondary N) is 1. The highest BCUT2D eigenvalue weighted by molar-refractivity contribution is 5.85. The molecule has 2 aromatic rings. The summed E-state index contributed by atoms with van der Waals surface area (Å²) >= 11 is 0. The molecular weight excluding hydrogens is 286 g/mol. The lowest BCUT2D eigenvalue weighted by atomic mass is 10.0. The molecule has 0 spiro atoms. The molecule has 0 saturated heterocycles. The highest BCUT2D eigenvalue weighted by Gasteiger charge is 2.37. The number of H-pyrrole nitrogens is 1. The molecule has 1 aliphatic rings. The Morgan fingerprint density at radius 3 is 3.05 bits per heavy atom. The molecule has 0 radical (unpaired) electrons. The van der Waals surface area contributed by atoms with Gasteiger partial charge in [0.05, 0.1) is 18.3 Å². The Labute approximate surface area is 126 Å². The van der Waals surface area contributed by atoms with Crippen LogP contribution in [0.2, 0.25) is 0 Å². The number of hydrogen-bond acceptors (Lipinski definition) is 4. The van der Waals surface area contributed by atoms with Gasteiger partial charge in [0.25, 0.3) is 0 Å². The number of aliphatic carboxylic acids is 1. The van der Waals surface area contributed by atoms with Crippen molar-refractivity contribution in [1.82, 2.24) is 24.4 Å². The van der Waals surface area contributed by atoms with Crippen LogP contribution in [0.4, 0.5) is 0 Å². The summed E-state index contributed by atoms with van der Waals surface area (Å²) in [6.07, 6.45) is 8.25. The molecular formula is C14H17N5O3. The molecule has 22 heavy (non-hydrogen) atoms. The first-order valence-electron chi connectivity index (χ1n) is 7.17. The summed E-state index contributed by atoms with van der Waals surface area (Å²) in [5.74, 6) is -1.20. The summed E-state index contributed by atoms with van der Waals surface area (Å²) in [6.45, 7) is 1.08. The normalized spacial score (nSPS) is 17.3. The molecule has 1 atom stereocenters. The zero-order chi connectivity index (χ0) is 15.5. The maximum absolute atomic E-state index is 12.4. The highest BCUT2D eigenvalue weighted by Crippen LogP contribution is 2.28. The van der Waals surface area contributed by atoms with Crippen molar-refractivity contribution >= 4 is 11.9 Å². The molecule has 8 heteroatoms. The Morgan fingerprint density at radius 2 is 2.32 bits per heavy atom. The first kappa shape index (κ1) is 14.3. The van der Waals surface area contributed by atoms with E-state index in [9.17, 15) is 14.7 Å². The van der Waals surface area contributed by atoms with Crippen LogP contribution >= 0.6 is 0 Å². The van der Waals surface area contributed by atoms with Gasteiger partial charge in [-0.1, -0.05) is 0 Å². The molecule has 2 aromatic heterocycles. The summed E-state index contributed by atoms with van der Waals surface area (Å²) < 4.78 is 1.89. The Bertz CT molecular complexity index is 664. The molecule has 3 rings (SSSR count). The molecule has 1 amide bonds. The number of fused-ring (bicyclic) bond motifs is 1. The van der Waals surface area contributed by atoms with Crippen LogP contribution in [-0.4, -0.2) is 47.9 Å². The molecule has 2 N–H and O–H groups in total. The van der Waals surface area contributed by atoms with E-state index in [-0.39, 0.29) is 5.91 Å². The number of aromatic nitrogens is 4. The summed E-state index contributed by atoms with van der Waals surface area (Å²) in [7, 11) is 0. The number of carbonyl (C=O) groups excluding carboxylic acids is 1. The van der Waals surface area contributed by atoms with Crippen molar-refractivity contribution < 1.29 is 14.7 Å². The standard InChI is InChI=1S/C14H17N5O3/c20-11(2-1-5-18-7-4-15-9-18)19-6-3-10-12(17-8-16-10)13(19)14(21)22/h4,7-9,13H,1-3,5-6H2,(H,16,17)(H,21,22)/t13-/m0/s1. The molecule has 0 saturated carbocycles. The van der Waals surface area contributed by atoms with E-state index < -0.39 is 12.0 Å². The quantitative estimate of drug-likeness (QED) is 0.841. The van der Waals surface area contributed by atoms with E-state index in [0.29, 0.717) is 38.0 Å². The van der Waals surface area contributed by atoms with Gasteiger partial charge in [0.2, 0.25) is 5.91 Å². The molecule has 1 aliphatic heterocycles. The number of carbonyl (C=O) groups is 2. The van der Waals surface area contributed by atoms with Crippen LogP contribution in [0, 0.1) is 0 Å². The van der Waals surface area contributed by atoms with Crippen LogP contribution in [0.5, 0.6) is 0 Å². The number of carboxylic acids is 1. The van der Waals surface area contributed by atoms with Crippen molar-refractivity contribution in [3.63, 3.8) is 0 Å². The van der Waals surface area contributed by atoms with Gasteiger partial charge in [0.1, 0.15) is 0 Å². The lowest BCUT2D eigenvalue weighted by Crippen LogP contribution is -2.43. The number of nitrogens with zero attached hydrogens (tertiary/aromatic N) is 4. The van der Waals surface area contributed by atoms with Crippen LogP contribution < -0.4 is 0 Å². The van der Waals surface area contributed by atoms with Gasteiger partial charge in [-0.3, -0.25) is 4.79 Å². The summed E-state index contributed by atoms with van der Waals surface area (Å²) in [6, 6.07) is -0.990. The highest BCUT2D eigenvalue weighted by atomic mass is 16.4. The Balaban J connectivity index is 1.65. The maximum Gasteiger partial charge on any atom is 0.332 e. The van der Waals surface area contributed by atoms with Crippen LogP contribution in [0.1, 0.15) is 30.3 Å². The van der Waals surface area contributed by atoms with Gasteiger partial charge in [-0.2, -0.15) is 0 Å². The summed E-state index contributed by atoms with van der Waals surface area (Å²) in [5, 5.41) is 9.44. The molecule has 116 valence electrons. The van der Waals surface area contributed by atoms with Gasteiger partial charge in [0, 0.05) is 44.0 Å². The van der Waals surface area contributed by atoms with E-state index >= 15 is 0 Å². The molecule has 8 nitrogen and oxygen atoms in total. The van der Waals surface area contributed by atoms with Crippen molar-refractivity contribution in [3.8, 4) is 0 Å². The second-order valence-corrected chi connectivity index (χ2v) is 5.25. The number of aryl methyl sites for hydroxylation is 1. The summed E-state index contributed by atoms with van der Waals surface area (Å²) in [4.78, 5) is 36.3. The van der Waals surface area contributed by atoms with Crippen LogP contribution in [0.25, 0.3) is 0 Å². The van der Waals surface area contributed by atoms with Crippen LogP contribution in [-0.2, 0) is 22.6 Å². The van der Waals surface area contributed by atoms with Gasteiger partial charge in [-0.25, -0.2) is 14.8 Å². The van der Waals surface area contributed by atoms with E-state index in [1.54, 1.807) is 12.5 Å². The predicted octanol–water partition coefficient (Wildman–Crippen LogP) is 0.597. The lowest BCUT2D eigenvalue weighted by molar-refractivity contribution is -0.151.